The fraction of sp³-hybridized carbons (Fsp3) is 0.367. The molecule has 0 radical (unpaired) electrons. The molecular weight excluding hydrogens is 468 g/mol. The van der Waals surface area contributed by atoms with Crippen LogP contribution in [0, 0.1) is 0 Å². The predicted octanol–water partition coefficient (Wildman–Crippen LogP) is 7.40. The highest BCUT2D eigenvalue weighted by molar-refractivity contribution is 5.97. The number of aryl methyl sites for hydroxylation is 3. The monoisotopic (exact) mass is 503 g/mol. The number of hydrogen-bond donors (Lipinski definition) is 1. The van der Waals surface area contributed by atoms with Gasteiger partial charge in [-0.1, -0.05) is 20.4 Å². The molecule has 37 heavy (non-hydrogen) atoms. The Morgan fingerprint density at radius 2 is 1.92 bits per heavy atom. The third kappa shape index (κ3) is 4.30. The number of hydrogen-bond acceptors (Lipinski definition) is 3. The zero-order chi connectivity index (χ0) is 26.4. The molecule has 7 heteroatoms. The van der Waals surface area contributed by atoms with Crippen molar-refractivity contribution in [1.82, 2.24) is 19.7 Å². The summed E-state index contributed by atoms with van der Waals surface area (Å²) in [4.78, 5) is 2.22. The van der Waals surface area contributed by atoms with E-state index in [0.29, 0.717) is 11.5 Å². The molecule has 0 atom stereocenters. The normalized spacial score (nSPS) is 13.6. The summed E-state index contributed by atoms with van der Waals surface area (Å²) < 4.78 is 32.6. The highest BCUT2D eigenvalue weighted by Gasteiger charge is 2.26. The zero-order valence-electron chi connectivity index (χ0n) is 22.3. The molecule has 2 aromatic carbocycles. The second kappa shape index (κ2) is 9.69. The summed E-state index contributed by atoms with van der Waals surface area (Å²) in [6, 6.07) is 8.10. The summed E-state index contributed by atoms with van der Waals surface area (Å²) in [6.45, 7) is 12.4. The second-order valence-electron chi connectivity index (χ2n) is 10.2. The second-order valence-corrected chi connectivity index (χ2v) is 10.2. The van der Waals surface area contributed by atoms with E-state index >= 15 is 0 Å². The molecule has 0 spiro atoms. The topological polar surface area (TPSA) is 38.0 Å². The highest BCUT2D eigenvalue weighted by atomic mass is 19.3. The Morgan fingerprint density at radius 1 is 1.14 bits per heavy atom. The molecule has 1 N–H and O–H groups in total. The van der Waals surface area contributed by atoms with E-state index in [0.717, 1.165) is 65.1 Å². The van der Waals surface area contributed by atoms with Crippen LogP contribution in [0.4, 0.5) is 20.2 Å². The number of benzene rings is 2. The Morgan fingerprint density at radius 3 is 2.54 bits per heavy atom. The summed E-state index contributed by atoms with van der Waals surface area (Å²) in [6.07, 6.45) is 4.85. The Hall–Kier alpha value is -3.61. The minimum Gasteiger partial charge on any atom is -0.388 e. The molecule has 0 saturated carbocycles. The lowest BCUT2D eigenvalue weighted by Gasteiger charge is -2.33. The van der Waals surface area contributed by atoms with Gasteiger partial charge in [0, 0.05) is 78.7 Å². The van der Waals surface area contributed by atoms with Crippen LogP contribution >= 0.6 is 0 Å². The maximum absolute atomic E-state index is 14.4. The molecule has 1 aliphatic heterocycles. The number of nitrogens with zero attached hydrogens (tertiary/aromatic N) is 4. The largest absolute Gasteiger partial charge is 0.388 e. The van der Waals surface area contributed by atoms with Crippen molar-refractivity contribution in [1.29, 1.82) is 0 Å². The van der Waals surface area contributed by atoms with Gasteiger partial charge in [-0.25, -0.2) is 8.78 Å². The number of rotatable bonds is 7. The molecule has 0 bridgehead atoms. The van der Waals surface area contributed by atoms with Crippen LogP contribution in [-0.2, 0) is 20.0 Å². The molecule has 0 aliphatic carbocycles. The van der Waals surface area contributed by atoms with Gasteiger partial charge in [0.05, 0.1) is 11.7 Å². The first kappa shape index (κ1) is 25.1. The predicted molar refractivity (Wildman–Crippen MR) is 149 cm³/mol. The first-order valence-electron chi connectivity index (χ1n) is 13.0. The fourth-order valence-corrected chi connectivity index (χ4v) is 5.59. The van der Waals surface area contributed by atoms with Crippen molar-refractivity contribution in [2.24, 2.45) is 7.05 Å². The first-order valence-corrected chi connectivity index (χ1v) is 13.0. The van der Waals surface area contributed by atoms with Crippen molar-refractivity contribution >= 4 is 28.0 Å². The van der Waals surface area contributed by atoms with Crippen LogP contribution in [0.25, 0.3) is 27.7 Å². The molecule has 194 valence electrons. The van der Waals surface area contributed by atoms with E-state index in [4.69, 9.17) is 0 Å². The van der Waals surface area contributed by atoms with Crippen molar-refractivity contribution in [2.75, 3.05) is 18.5 Å². The van der Waals surface area contributed by atoms with E-state index in [1.165, 1.54) is 11.1 Å². The Balaban J connectivity index is 1.72. The van der Waals surface area contributed by atoms with Crippen LogP contribution in [0.2, 0.25) is 0 Å². The summed E-state index contributed by atoms with van der Waals surface area (Å²) in [5, 5.41) is 8.55. The van der Waals surface area contributed by atoms with Gasteiger partial charge in [0.2, 0.25) is 0 Å². The van der Waals surface area contributed by atoms with Crippen molar-refractivity contribution < 1.29 is 8.78 Å². The number of fused-ring (bicyclic) bond motifs is 2. The Labute approximate surface area is 217 Å². The molecule has 4 aromatic rings. The van der Waals surface area contributed by atoms with Crippen LogP contribution < -0.4 is 10.2 Å². The lowest BCUT2D eigenvalue weighted by atomic mass is 9.92. The van der Waals surface area contributed by atoms with Crippen molar-refractivity contribution in [2.45, 2.75) is 52.5 Å². The third-order valence-electron chi connectivity index (χ3n) is 7.51. The van der Waals surface area contributed by atoms with Gasteiger partial charge in [0.15, 0.2) is 0 Å². The van der Waals surface area contributed by atoms with Gasteiger partial charge in [-0.2, -0.15) is 5.10 Å². The first-order chi connectivity index (χ1) is 17.7. The maximum Gasteiger partial charge on any atom is 0.264 e. The van der Waals surface area contributed by atoms with Gasteiger partial charge >= 0.3 is 0 Å². The van der Waals surface area contributed by atoms with Crippen molar-refractivity contribution in [3.63, 3.8) is 0 Å². The number of nitrogens with one attached hydrogen (secondary N) is 1. The molecule has 0 saturated heterocycles. The van der Waals surface area contributed by atoms with Crippen LogP contribution in [0.3, 0.4) is 0 Å². The highest BCUT2D eigenvalue weighted by Crippen LogP contribution is 2.43. The summed E-state index contributed by atoms with van der Waals surface area (Å²) in [7, 11) is 3.69. The number of halogens is 2. The summed E-state index contributed by atoms with van der Waals surface area (Å²) >= 11 is 0. The van der Waals surface area contributed by atoms with Gasteiger partial charge in [-0.05, 0) is 66.6 Å². The van der Waals surface area contributed by atoms with E-state index in [2.05, 4.69) is 65.6 Å². The van der Waals surface area contributed by atoms with Gasteiger partial charge in [-0.3, -0.25) is 4.68 Å². The number of aromatic nitrogens is 3. The van der Waals surface area contributed by atoms with Crippen molar-refractivity contribution in [3.05, 3.63) is 71.7 Å². The zero-order valence-corrected chi connectivity index (χ0v) is 22.3. The average molecular weight is 504 g/mol. The lowest BCUT2D eigenvalue weighted by Crippen LogP contribution is -2.25. The van der Waals surface area contributed by atoms with Crippen LogP contribution in [-0.4, -0.2) is 27.9 Å². The maximum atomic E-state index is 14.4. The Bertz CT molecular complexity index is 1480. The minimum atomic E-state index is -2.58. The molecule has 0 amide bonds. The van der Waals surface area contributed by atoms with E-state index in [-0.39, 0.29) is 5.56 Å². The third-order valence-corrected chi connectivity index (χ3v) is 7.51. The molecule has 1 aliphatic rings. The lowest BCUT2D eigenvalue weighted by molar-refractivity contribution is 0.152. The van der Waals surface area contributed by atoms with Gasteiger partial charge in [0.1, 0.15) is 0 Å². The van der Waals surface area contributed by atoms with Crippen LogP contribution in [0.1, 0.15) is 61.8 Å². The van der Waals surface area contributed by atoms with E-state index in [9.17, 15) is 8.78 Å². The molecule has 5 rings (SSSR count). The molecular formula is C30H35F2N5. The van der Waals surface area contributed by atoms with Gasteiger partial charge in [-0.15, -0.1) is 0 Å². The SMILES string of the molecule is C=C(NC)c1cn(CC)c2c(C(C)C)cc(N3CCCc4cc(-c5cnn(C)c5)c(C(F)F)cc43)cc12. The van der Waals surface area contributed by atoms with Crippen LogP contribution in [0.15, 0.2) is 49.4 Å². The molecule has 2 aromatic heterocycles. The molecule has 0 fully saturated rings. The molecule has 3 heterocycles. The summed E-state index contributed by atoms with van der Waals surface area (Å²) in [5.41, 5.74) is 8.72. The quantitative estimate of drug-likeness (QED) is 0.286. The van der Waals surface area contributed by atoms with E-state index in [1.807, 2.05) is 13.1 Å². The molecule has 0 unspecified atom stereocenters. The standard InChI is InChI=1S/C30H35F2N5/c1-7-36-17-27(19(4)33-5)25-13-22(12-23(18(2)3)29(25)36)37-10-8-9-20-11-24(21-15-34-35(6)16-21)26(30(31)32)14-28(20)37/h11-18,30,33H,4,7-10H2,1-3,5-6H3. The Kier molecular flexibility index (Phi) is 6.56. The van der Waals surface area contributed by atoms with Gasteiger partial charge in [0.25, 0.3) is 6.43 Å². The van der Waals surface area contributed by atoms with Gasteiger partial charge < -0.3 is 14.8 Å². The average Bonchev–Trinajstić information content (AvgIpc) is 3.49. The summed E-state index contributed by atoms with van der Waals surface area (Å²) in [5.74, 6) is 0.298. The minimum absolute atomic E-state index is 0.0465. The number of anilines is 2. The number of alkyl halides is 2. The van der Waals surface area contributed by atoms with E-state index in [1.54, 1.807) is 30.2 Å². The smallest absolute Gasteiger partial charge is 0.264 e. The van der Waals surface area contributed by atoms with E-state index < -0.39 is 6.43 Å². The fourth-order valence-electron chi connectivity index (χ4n) is 5.59. The van der Waals surface area contributed by atoms with Crippen molar-refractivity contribution in [3.8, 4) is 11.1 Å². The van der Waals surface area contributed by atoms with Crippen LogP contribution in [0.5, 0.6) is 0 Å². The molecule has 5 nitrogen and oxygen atoms in total.